The largest absolute Gasteiger partial charge is 0.469 e. The van der Waals surface area contributed by atoms with Crippen LogP contribution in [0.5, 0.6) is 0 Å². The van der Waals surface area contributed by atoms with E-state index in [1.165, 1.54) is 0 Å². The average molecular weight is 355 g/mol. The van der Waals surface area contributed by atoms with E-state index in [1.807, 2.05) is 30.5 Å². The van der Waals surface area contributed by atoms with Gasteiger partial charge in [-0.15, -0.1) is 0 Å². The van der Waals surface area contributed by atoms with E-state index in [1.54, 1.807) is 6.26 Å². The van der Waals surface area contributed by atoms with Gasteiger partial charge in [-0.1, -0.05) is 13.0 Å². The van der Waals surface area contributed by atoms with Gasteiger partial charge in [-0.25, -0.2) is 4.98 Å². The lowest BCUT2D eigenvalue weighted by atomic mass is 10.2. The third-order valence-corrected chi connectivity index (χ3v) is 4.74. The molecule has 1 N–H and O–H groups in total. The summed E-state index contributed by atoms with van der Waals surface area (Å²) in [7, 11) is 0. The quantitative estimate of drug-likeness (QED) is 0.638. The van der Waals surface area contributed by atoms with Gasteiger partial charge in [0.05, 0.1) is 6.26 Å². The number of nitrogens with zero attached hydrogens (tertiary/aromatic N) is 4. The second-order valence-corrected chi connectivity index (χ2v) is 6.65. The van der Waals surface area contributed by atoms with Crippen molar-refractivity contribution in [1.82, 2.24) is 15.2 Å². The summed E-state index contributed by atoms with van der Waals surface area (Å²) in [4.78, 5) is 14.0. The highest BCUT2D eigenvalue weighted by Gasteiger charge is 2.21. The van der Waals surface area contributed by atoms with Crippen molar-refractivity contribution in [2.45, 2.75) is 32.7 Å². The fraction of sp³-hybridized carbons (Fsp3) is 0.500. The number of anilines is 1. The summed E-state index contributed by atoms with van der Waals surface area (Å²) in [6.45, 7) is 8.92. The first kappa shape index (κ1) is 18.3. The second kappa shape index (κ2) is 9.27. The first-order valence-electron chi connectivity index (χ1n) is 9.50. The zero-order valence-corrected chi connectivity index (χ0v) is 15.8. The first-order valence-corrected chi connectivity index (χ1v) is 9.50. The molecule has 0 aliphatic carbocycles. The zero-order valence-electron chi connectivity index (χ0n) is 15.8. The van der Waals surface area contributed by atoms with Crippen LogP contribution in [0.3, 0.4) is 0 Å². The smallest absolute Gasteiger partial charge is 0.194 e. The van der Waals surface area contributed by atoms with Crippen molar-refractivity contribution in [2.75, 3.05) is 37.6 Å². The van der Waals surface area contributed by atoms with E-state index in [2.05, 4.69) is 40.0 Å². The summed E-state index contributed by atoms with van der Waals surface area (Å²) >= 11 is 0. The molecule has 1 saturated heterocycles. The highest BCUT2D eigenvalue weighted by Crippen LogP contribution is 2.13. The number of guanidine groups is 1. The third-order valence-electron chi connectivity index (χ3n) is 4.74. The molecule has 3 heterocycles. The Kier molecular flexibility index (Phi) is 6.52. The maximum atomic E-state index is 5.41. The van der Waals surface area contributed by atoms with Gasteiger partial charge in [0.25, 0.3) is 0 Å². The van der Waals surface area contributed by atoms with Crippen LogP contribution >= 0.6 is 0 Å². The molecular formula is C20H29N5O. The summed E-state index contributed by atoms with van der Waals surface area (Å²) in [5.74, 6) is 3.04. The van der Waals surface area contributed by atoms with E-state index in [0.717, 1.165) is 63.1 Å². The van der Waals surface area contributed by atoms with Crippen molar-refractivity contribution in [3.63, 3.8) is 0 Å². The number of furan rings is 1. The lowest BCUT2D eigenvalue weighted by molar-refractivity contribution is 0.365. The molecule has 1 fully saturated rings. The molecule has 3 rings (SSSR count). The molecule has 0 bridgehead atoms. The number of nitrogens with one attached hydrogen (secondary N) is 1. The number of hydrogen-bond acceptors (Lipinski definition) is 4. The van der Waals surface area contributed by atoms with Gasteiger partial charge in [-0.3, -0.25) is 4.99 Å². The standard InChI is InChI=1S/C20H29N5O/c1-3-17(2)23-20(22-11-9-18-7-6-16-26-18)25-14-12-24(13-15-25)19-8-4-5-10-21-19/h4-8,10,16-17H,3,9,11-15H2,1-2H3,(H,22,23). The third kappa shape index (κ3) is 5.00. The van der Waals surface area contributed by atoms with Crippen LogP contribution in [0.15, 0.2) is 52.2 Å². The minimum absolute atomic E-state index is 0.409. The van der Waals surface area contributed by atoms with E-state index >= 15 is 0 Å². The van der Waals surface area contributed by atoms with Gasteiger partial charge < -0.3 is 19.5 Å². The molecule has 0 amide bonds. The minimum atomic E-state index is 0.409. The van der Waals surface area contributed by atoms with Crippen molar-refractivity contribution in [1.29, 1.82) is 0 Å². The Hall–Kier alpha value is -2.50. The summed E-state index contributed by atoms with van der Waals surface area (Å²) in [5.41, 5.74) is 0. The number of hydrogen-bond donors (Lipinski definition) is 1. The molecule has 140 valence electrons. The molecule has 2 aromatic heterocycles. The van der Waals surface area contributed by atoms with E-state index in [4.69, 9.17) is 9.41 Å². The van der Waals surface area contributed by atoms with Crippen molar-refractivity contribution in [3.05, 3.63) is 48.6 Å². The molecule has 2 aromatic rings. The van der Waals surface area contributed by atoms with Crippen LogP contribution in [-0.2, 0) is 6.42 Å². The first-order chi connectivity index (χ1) is 12.8. The topological polar surface area (TPSA) is 56.9 Å². The Labute approximate surface area is 155 Å². The van der Waals surface area contributed by atoms with E-state index < -0.39 is 0 Å². The Morgan fingerprint density at radius 1 is 1.23 bits per heavy atom. The molecule has 26 heavy (non-hydrogen) atoms. The molecule has 0 aromatic carbocycles. The molecule has 0 saturated carbocycles. The number of aromatic nitrogens is 1. The minimum Gasteiger partial charge on any atom is -0.469 e. The average Bonchev–Trinajstić information content (AvgIpc) is 3.21. The van der Waals surface area contributed by atoms with Gasteiger partial charge in [0.1, 0.15) is 11.6 Å². The van der Waals surface area contributed by atoms with Gasteiger partial charge in [0, 0.05) is 51.4 Å². The second-order valence-electron chi connectivity index (χ2n) is 6.65. The Balaban J connectivity index is 1.59. The molecule has 1 atom stereocenters. The highest BCUT2D eigenvalue weighted by atomic mass is 16.3. The van der Waals surface area contributed by atoms with Gasteiger partial charge in [-0.05, 0) is 37.6 Å². The van der Waals surface area contributed by atoms with Gasteiger partial charge >= 0.3 is 0 Å². The Morgan fingerprint density at radius 3 is 2.73 bits per heavy atom. The molecule has 1 aliphatic heterocycles. The van der Waals surface area contributed by atoms with Crippen LogP contribution in [0.4, 0.5) is 5.82 Å². The Bertz CT molecular complexity index is 663. The van der Waals surface area contributed by atoms with E-state index in [0.29, 0.717) is 6.04 Å². The summed E-state index contributed by atoms with van der Waals surface area (Å²) in [6, 6.07) is 10.4. The zero-order chi connectivity index (χ0) is 18.2. The fourth-order valence-electron chi connectivity index (χ4n) is 2.97. The van der Waals surface area contributed by atoms with E-state index in [-0.39, 0.29) is 0 Å². The number of rotatable bonds is 6. The van der Waals surface area contributed by atoms with Crippen LogP contribution in [0, 0.1) is 0 Å². The summed E-state index contributed by atoms with van der Waals surface area (Å²) in [6.07, 6.45) is 5.47. The van der Waals surface area contributed by atoms with Gasteiger partial charge in [0.15, 0.2) is 5.96 Å². The molecule has 0 spiro atoms. The summed E-state index contributed by atoms with van der Waals surface area (Å²) in [5, 5.41) is 3.58. The summed E-state index contributed by atoms with van der Waals surface area (Å²) < 4.78 is 5.41. The maximum Gasteiger partial charge on any atom is 0.194 e. The number of pyridine rings is 1. The normalized spacial score (nSPS) is 16.6. The van der Waals surface area contributed by atoms with Crippen molar-refractivity contribution in [3.8, 4) is 0 Å². The van der Waals surface area contributed by atoms with Crippen molar-refractivity contribution in [2.24, 2.45) is 4.99 Å². The molecular weight excluding hydrogens is 326 g/mol. The molecule has 0 radical (unpaired) electrons. The van der Waals surface area contributed by atoms with Crippen LogP contribution in [-0.4, -0.2) is 54.6 Å². The fourth-order valence-corrected chi connectivity index (χ4v) is 2.97. The van der Waals surface area contributed by atoms with E-state index in [9.17, 15) is 0 Å². The van der Waals surface area contributed by atoms with Crippen molar-refractivity contribution >= 4 is 11.8 Å². The number of aliphatic imine (C=N–C) groups is 1. The van der Waals surface area contributed by atoms with Crippen molar-refractivity contribution < 1.29 is 4.42 Å². The lowest BCUT2D eigenvalue weighted by Crippen LogP contribution is -2.54. The molecule has 6 heteroatoms. The predicted molar refractivity (Wildman–Crippen MR) is 106 cm³/mol. The SMILES string of the molecule is CCC(C)NC(=NCCc1ccco1)N1CCN(c2ccccn2)CC1. The van der Waals surface area contributed by atoms with Gasteiger partial charge in [-0.2, -0.15) is 0 Å². The maximum absolute atomic E-state index is 5.41. The molecule has 1 unspecified atom stereocenters. The van der Waals surface area contributed by atoms with Crippen LogP contribution in [0.1, 0.15) is 26.0 Å². The van der Waals surface area contributed by atoms with Crippen LogP contribution in [0.2, 0.25) is 0 Å². The predicted octanol–water partition coefficient (Wildman–Crippen LogP) is 2.78. The molecule has 6 nitrogen and oxygen atoms in total. The highest BCUT2D eigenvalue weighted by molar-refractivity contribution is 5.80. The lowest BCUT2D eigenvalue weighted by Gasteiger charge is -2.37. The Morgan fingerprint density at radius 2 is 2.08 bits per heavy atom. The molecule has 1 aliphatic rings. The van der Waals surface area contributed by atoms with Gasteiger partial charge in [0.2, 0.25) is 0 Å². The monoisotopic (exact) mass is 355 g/mol. The van der Waals surface area contributed by atoms with Crippen LogP contribution in [0.25, 0.3) is 0 Å². The van der Waals surface area contributed by atoms with Crippen LogP contribution < -0.4 is 10.2 Å². The number of piperazine rings is 1.